The van der Waals surface area contributed by atoms with Crippen molar-refractivity contribution in [1.82, 2.24) is 5.43 Å². The van der Waals surface area contributed by atoms with Crippen molar-refractivity contribution in [2.45, 2.75) is 51.6 Å². The zero-order chi connectivity index (χ0) is 11.1. The number of hydrogen-bond acceptors (Lipinski definition) is 3. The zero-order valence-corrected chi connectivity index (χ0v) is 9.50. The van der Waals surface area contributed by atoms with E-state index >= 15 is 0 Å². The van der Waals surface area contributed by atoms with Crippen LogP contribution in [0, 0.1) is 5.92 Å². The molecule has 0 aromatic heterocycles. The van der Waals surface area contributed by atoms with Crippen LogP contribution in [0.5, 0.6) is 0 Å². The van der Waals surface area contributed by atoms with Crippen LogP contribution in [0.2, 0.25) is 0 Å². The van der Waals surface area contributed by atoms with Gasteiger partial charge in [-0.15, -0.1) is 0 Å². The van der Waals surface area contributed by atoms with Crippen molar-refractivity contribution in [2.75, 3.05) is 6.61 Å². The highest BCUT2D eigenvalue weighted by molar-refractivity contribution is 5.75. The number of rotatable bonds is 5. The van der Waals surface area contributed by atoms with Crippen LogP contribution in [0.4, 0.5) is 0 Å². The predicted octanol–water partition coefficient (Wildman–Crippen LogP) is 1.35. The van der Waals surface area contributed by atoms with E-state index < -0.39 is 0 Å². The Kier molecular flexibility index (Phi) is 5.65. The average molecular weight is 214 g/mol. The SMILES string of the molecule is CC1CCCCC1OCCCC(=O)NN. The topological polar surface area (TPSA) is 64.3 Å². The minimum atomic E-state index is -0.115. The van der Waals surface area contributed by atoms with Crippen LogP contribution in [0.15, 0.2) is 0 Å². The molecule has 1 fully saturated rings. The Morgan fingerprint density at radius 1 is 1.47 bits per heavy atom. The van der Waals surface area contributed by atoms with Gasteiger partial charge < -0.3 is 4.74 Å². The van der Waals surface area contributed by atoms with Gasteiger partial charge in [-0.1, -0.05) is 19.8 Å². The van der Waals surface area contributed by atoms with Gasteiger partial charge in [-0.05, 0) is 25.2 Å². The van der Waals surface area contributed by atoms with Gasteiger partial charge in [-0.2, -0.15) is 0 Å². The summed E-state index contributed by atoms with van der Waals surface area (Å²) in [5, 5.41) is 0. The maximum Gasteiger partial charge on any atom is 0.233 e. The first kappa shape index (κ1) is 12.5. The van der Waals surface area contributed by atoms with E-state index in [1.54, 1.807) is 0 Å². The van der Waals surface area contributed by atoms with Crippen molar-refractivity contribution in [3.8, 4) is 0 Å². The lowest BCUT2D eigenvalue weighted by atomic mass is 9.88. The first-order valence-electron chi connectivity index (χ1n) is 5.85. The minimum Gasteiger partial charge on any atom is -0.378 e. The molecule has 4 nitrogen and oxygen atoms in total. The predicted molar refractivity (Wildman–Crippen MR) is 58.9 cm³/mol. The Morgan fingerprint density at radius 2 is 2.20 bits per heavy atom. The second-order valence-electron chi connectivity index (χ2n) is 4.34. The van der Waals surface area contributed by atoms with Gasteiger partial charge >= 0.3 is 0 Å². The van der Waals surface area contributed by atoms with E-state index in [4.69, 9.17) is 10.6 Å². The van der Waals surface area contributed by atoms with E-state index in [2.05, 4.69) is 12.3 Å². The van der Waals surface area contributed by atoms with Crippen molar-refractivity contribution >= 4 is 5.91 Å². The molecule has 15 heavy (non-hydrogen) atoms. The van der Waals surface area contributed by atoms with Crippen molar-refractivity contribution in [1.29, 1.82) is 0 Å². The number of ether oxygens (including phenoxy) is 1. The molecular weight excluding hydrogens is 192 g/mol. The third-order valence-corrected chi connectivity index (χ3v) is 3.07. The van der Waals surface area contributed by atoms with Gasteiger partial charge in [0.25, 0.3) is 0 Å². The number of nitrogens with two attached hydrogens (primary N) is 1. The summed E-state index contributed by atoms with van der Waals surface area (Å²) in [7, 11) is 0. The fourth-order valence-electron chi connectivity index (χ4n) is 2.07. The molecule has 1 amide bonds. The molecule has 3 N–H and O–H groups in total. The van der Waals surface area contributed by atoms with E-state index in [9.17, 15) is 4.79 Å². The van der Waals surface area contributed by atoms with Crippen LogP contribution in [0.25, 0.3) is 0 Å². The van der Waals surface area contributed by atoms with Gasteiger partial charge in [0.1, 0.15) is 0 Å². The van der Waals surface area contributed by atoms with E-state index in [1.807, 2.05) is 0 Å². The quantitative estimate of drug-likeness (QED) is 0.314. The largest absolute Gasteiger partial charge is 0.378 e. The summed E-state index contributed by atoms with van der Waals surface area (Å²) in [6, 6.07) is 0. The van der Waals surface area contributed by atoms with Gasteiger partial charge in [0.05, 0.1) is 6.10 Å². The molecule has 0 aromatic rings. The lowest BCUT2D eigenvalue weighted by Crippen LogP contribution is -2.30. The molecule has 1 aliphatic carbocycles. The van der Waals surface area contributed by atoms with Crippen LogP contribution < -0.4 is 11.3 Å². The summed E-state index contributed by atoms with van der Waals surface area (Å²) in [6.45, 7) is 2.92. The highest BCUT2D eigenvalue weighted by atomic mass is 16.5. The van der Waals surface area contributed by atoms with E-state index in [0.29, 0.717) is 25.0 Å². The molecule has 0 saturated heterocycles. The summed E-state index contributed by atoms with van der Waals surface area (Å²) in [6.07, 6.45) is 6.66. The van der Waals surface area contributed by atoms with Gasteiger partial charge in [0.2, 0.25) is 5.91 Å². The Labute approximate surface area is 91.5 Å². The molecule has 0 radical (unpaired) electrons. The summed E-state index contributed by atoms with van der Waals surface area (Å²) >= 11 is 0. The maximum atomic E-state index is 10.8. The van der Waals surface area contributed by atoms with Crippen LogP contribution in [0.3, 0.4) is 0 Å². The number of hydrogen-bond donors (Lipinski definition) is 2. The standard InChI is InChI=1S/C11H22N2O2/c1-9-5-2-3-6-10(9)15-8-4-7-11(14)13-12/h9-10H,2-8,12H2,1H3,(H,13,14). The monoisotopic (exact) mass is 214 g/mol. The molecule has 0 bridgehead atoms. The summed E-state index contributed by atoms with van der Waals surface area (Å²) < 4.78 is 5.77. The van der Waals surface area contributed by atoms with Crippen LogP contribution >= 0.6 is 0 Å². The summed E-state index contributed by atoms with van der Waals surface area (Å²) in [4.78, 5) is 10.8. The fourth-order valence-corrected chi connectivity index (χ4v) is 2.07. The Bertz CT molecular complexity index is 197. The molecule has 2 atom stereocenters. The molecule has 88 valence electrons. The Hall–Kier alpha value is -0.610. The van der Waals surface area contributed by atoms with E-state index in [1.165, 1.54) is 25.7 Å². The molecule has 1 aliphatic rings. The lowest BCUT2D eigenvalue weighted by Gasteiger charge is -2.28. The number of carbonyl (C=O) groups excluding carboxylic acids is 1. The van der Waals surface area contributed by atoms with Gasteiger partial charge in [0.15, 0.2) is 0 Å². The first-order chi connectivity index (χ1) is 7.24. The molecule has 0 spiro atoms. The highest BCUT2D eigenvalue weighted by Crippen LogP contribution is 2.26. The number of nitrogens with one attached hydrogen (secondary N) is 1. The van der Waals surface area contributed by atoms with Gasteiger partial charge in [-0.3, -0.25) is 10.2 Å². The smallest absolute Gasteiger partial charge is 0.233 e. The average Bonchev–Trinajstić information content (AvgIpc) is 2.26. The first-order valence-corrected chi connectivity index (χ1v) is 5.85. The molecule has 4 heteroatoms. The van der Waals surface area contributed by atoms with Gasteiger partial charge in [0, 0.05) is 13.0 Å². The molecule has 0 aliphatic heterocycles. The number of hydrazine groups is 1. The lowest BCUT2D eigenvalue weighted by molar-refractivity contribution is -0.121. The van der Waals surface area contributed by atoms with Crippen molar-refractivity contribution in [2.24, 2.45) is 11.8 Å². The van der Waals surface area contributed by atoms with Crippen molar-refractivity contribution in [3.63, 3.8) is 0 Å². The fraction of sp³-hybridized carbons (Fsp3) is 0.909. The summed E-state index contributed by atoms with van der Waals surface area (Å²) in [5.74, 6) is 5.53. The molecule has 1 saturated carbocycles. The number of amides is 1. The van der Waals surface area contributed by atoms with Crippen molar-refractivity contribution < 1.29 is 9.53 Å². The molecule has 1 rings (SSSR count). The molecule has 0 aromatic carbocycles. The van der Waals surface area contributed by atoms with Crippen LogP contribution in [-0.4, -0.2) is 18.6 Å². The maximum absolute atomic E-state index is 10.8. The Balaban J connectivity index is 2.06. The van der Waals surface area contributed by atoms with Crippen LogP contribution in [0.1, 0.15) is 45.4 Å². The Morgan fingerprint density at radius 3 is 2.87 bits per heavy atom. The third kappa shape index (κ3) is 4.62. The second kappa shape index (κ2) is 6.80. The van der Waals surface area contributed by atoms with E-state index in [0.717, 1.165) is 6.42 Å². The third-order valence-electron chi connectivity index (χ3n) is 3.07. The molecule has 0 heterocycles. The van der Waals surface area contributed by atoms with Gasteiger partial charge in [-0.25, -0.2) is 5.84 Å². The van der Waals surface area contributed by atoms with E-state index in [-0.39, 0.29) is 5.91 Å². The van der Waals surface area contributed by atoms with Crippen LogP contribution in [-0.2, 0) is 9.53 Å². The summed E-state index contributed by atoms with van der Waals surface area (Å²) in [5.41, 5.74) is 2.12. The molecular formula is C11H22N2O2. The minimum absolute atomic E-state index is 0.115. The van der Waals surface area contributed by atoms with Crippen molar-refractivity contribution in [3.05, 3.63) is 0 Å². The molecule has 2 unspecified atom stereocenters. The highest BCUT2D eigenvalue weighted by Gasteiger charge is 2.21. The second-order valence-corrected chi connectivity index (χ2v) is 4.34. The number of carbonyl (C=O) groups is 1. The zero-order valence-electron chi connectivity index (χ0n) is 9.50. The normalized spacial score (nSPS) is 26.3.